The van der Waals surface area contributed by atoms with Crippen molar-refractivity contribution in [2.24, 2.45) is 0 Å². The molecule has 1 radical (unpaired) electrons. The first-order chi connectivity index (χ1) is 3.42. The van der Waals surface area contributed by atoms with Crippen molar-refractivity contribution in [2.45, 2.75) is 20.0 Å². The molecule has 0 aromatic carbocycles. The van der Waals surface area contributed by atoms with Crippen LogP contribution in [0.4, 0.5) is 0 Å². The van der Waals surface area contributed by atoms with E-state index >= 15 is 0 Å². The van der Waals surface area contributed by atoms with Crippen molar-refractivity contribution >= 4 is 7.60 Å². The summed E-state index contributed by atoms with van der Waals surface area (Å²) in [6.45, 7) is 4.60. The zero-order chi connectivity index (χ0) is 6.78. The minimum absolute atomic E-state index is 0. The molecule has 9 heavy (non-hydrogen) atoms. The van der Waals surface area contributed by atoms with Crippen molar-refractivity contribution in [1.29, 1.82) is 0 Å². The van der Waals surface area contributed by atoms with Gasteiger partial charge in [0.25, 0.3) is 0 Å². The zero-order valence-corrected chi connectivity index (χ0v) is 8.24. The molecule has 0 bridgehead atoms. The largest absolute Gasteiger partial charge is 0.325 e. The van der Waals surface area contributed by atoms with Crippen molar-refractivity contribution in [1.82, 2.24) is 0 Å². The fourth-order valence-electron chi connectivity index (χ4n) is 0.391. The molecule has 0 spiro atoms. The molecule has 0 rings (SSSR count). The quantitative estimate of drug-likeness (QED) is 0.781. The maximum Gasteiger partial charge on any atom is 0.325 e. The van der Waals surface area contributed by atoms with Gasteiger partial charge in [-0.2, -0.15) is 0 Å². The van der Waals surface area contributed by atoms with E-state index in [9.17, 15) is 4.57 Å². The van der Waals surface area contributed by atoms with Gasteiger partial charge in [0.05, 0.1) is 6.10 Å². The van der Waals surface area contributed by atoms with Crippen LogP contribution in [0.2, 0.25) is 0 Å². The summed E-state index contributed by atoms with van der Waals surface area (Å²) in [6.07, 6.45) is -0.171. The second-order valence-electron chi connectivity index (χ2n) is 1.96. The predicted molar refractivity (Wildman–Crippen MR) is 32.0 cm³/mol. The molecule has 1 unspecified atom stereocenters. The smallest absolute Gasteiger partial charge is 0.324 e. The summed E-state index contributed by atoms with van der Waals surface area (Å²) in [4.78, 5) is 8.52. The van der Waals surface area contributed by atoms with E-state index in [-0.39, 0.29) is 43.0 Å². The van der Waals surface area contributed by atoms with Crippen LogP contribution in [-0.2, 0) is 9.09 Å². The Bertz CT molecular complexity index is 108. The molecule has 63 valence electrons. The van der Waals surface area contributed by atoms with Gasteiger partial charge < -0.3 is 9.42 Å². The molecule has 0 aliphatic carbocycles. The molecule has 0 saturated heterocycles. The van der Waals surface area contributed by atoms with Crippen LogP contribution in [0.3, 0.4) is 0 Å². The Balaban J connectivity index is 0. The Kier molecular flexibility index (Phi) is 7.36. The molecular weight excluding hydrogens is 296 g/mol. The molecule has 0 saturated carbocycles. The van der Waals surface area contributed by atoms with Crippen molar-refractivity contribution in [2.75, 3.05) is 6.66 Å². The molecule has 1 atom stereocenters. The van der Waals surface area contributed by atoms with Crippen LogP contribution in [-0.4, -0.2) is 17.7 Å². The standard InChI is InChI=1S/C4H11O3P.Tm/c1-4(2)7-8(3,5)6;/h4H,1-3H3,(H,5,6);. The second kappa shape index (κ2) is 5.09. The first-order valence-corrected chi connectivity index (χ1v) is 4.43. The van der Waals surface area contributed by atoms with Gasteiger partial charge in [-0.1, -0.05) is 0 Å². The number of hydrogen-bond acceptors (Lipinski definition) is 2. The van der Waals surface area contributed by atoms with Gasteiger partial charge in [0.2, 0.25) is 0 Å². The summed E-state index contributed by atoms with van der Waals surface area (Å²) in [5.41, 5.74) is 0. The topological polar surface area (TPSA) is 46.5 Å². The van der Waals surface area contributed by atoms with Crippen molar-refractivity contribution < 1.29 is 50.9 Å². The van der Waals surface area contributed by atoms with Gasteiger partial charge in [-0.3, -0.25) is 4.57 Å². The first-order valence-electron chi connectivity index (χ1n) is 2.40. The average Bonchev–Trinajstić information content (AvgIpc) is 1.21. The summed E-state index contributed by atoms with van der Waals surface area (Å²) in [7, 11) is -3.22. The number of hydrogen-bond donors (Lipinski definition) is 1. The van der Waals surface area contributed by atoms with Crippen LogP contribution in [0, 0.1) is 36.9 Å². The van der Waals surface area contributed by atoms with E-state index in [4.69, 9.17) is 4.89 Å². The fourth-order valence-corrected chi connectivity index (χ4v) is 1.17. The molecule has 0 aromatic rings. The minimum atomic E-state index is -3.22. The van der Waals surface area contributed by atoms with E-state index in [1.54, 1.807) is 13.8 Å². The summed E-state index contributed by atoms with van der Waals surface area (Å²) < 4.78 is 14.9. The Morgan fingerprint density at radius 1 is 1.56 bits per heavy atom. The first kappa shape index (κ1) is 13.0. The zero-order valence-electron chi connectivity index (χ0n) is 5.57. The third-order valence-electron chi connectivity index (χ3n) is 0.406. The third kappa shape index (κ3) is 12.6. The van der Waals surface area contributed by atoms with Crippen molar-refractivity contribution in [3.05, 3.63) is 0 Å². The maximum absolute atomic E-state index is 10.4. The van der Waals surface area contributed by atoms with Crippen molar-refractivity contribution in [3.63, 3.8) is 0 Å². The monoisotopic (exact) mass is 307 g/mol. The third-order valence-corrected chi connectivity index (χ3v) is 1.22. The van der Waals surface area contributed by atoms with Crippen LogP contribution in [0.5, 0.6) is 0 Å². The molecule has 0 heterocycles. The SMILES string of the molecule is CC(C)OP(C)(=O)O.[Tm]. The van der Waals surface area contributed by atoms with E-state index in [0.717, 1.165) is 0 Å². The molecule has 0 fully saturated rings. The Hall–Kier alpha value is 1.38. The molecule has 3 nitrogen and oxygen atoms in total. The predicted octanol–water partition coefficient (Wildman–Crippen LogP) is 1.23. The number of rotatable bonds is 2. The van der Waals surface area contributed by atoms with Crippen LogP contribution in [0.1, 0.15) is 13.8 Å². The van der Waals surface area contributed by atoms with Gasteiger partial charge in [-0.25, -0.2) is 0 Å². The Morgan fingerprint density at radius 2 is 1.89 bits per heavy atom. The summed E-state index contributed by atoms with van der Waals surface area (Å²) in [6, 6.07) is 0. The minimum Gasteiger partial charge on any atom is -0.324 e. The van der Waals surface area contributed by atoms with Crippen LogP contribution in [0.25, 0.3) is 0 Å². The van der Waals surface area contributed by atoms with Gasteiger partial charge >= 0.3 is 7.60 Å². The van der Waals surface area contributed by atoms with E-state index in [2.05, 4.69) is 4.52 Å². The van der Waals surface area contributed by atoms with E-state index < -0.39 is 7.60 Å². The van der Waals surface area contributed by atoms with Gasteiger partial charge in [-0.05, 0) is 13.8 Å². The molecule has 0 aromatic heterocycles. The fraction of sp³-hybridized carbons (Fsp3) is 1.00. The normalized spacial score (nSPS) is 16.6. The van der Waals surface area contributed by atoms with Gasteiger partial charge in [0.15, 0.2) is 0 Å². The Labute approximate surface area is 84.5 Å². The van der Waals surface area contributed by atoms with Gasteiger partial charge in [0, 0.05) is 43.5 Å². The van der Waals surface area contributed by atoms with E-state index in [1.807, 2.05) is 0 Å². The van der Waals surface area contributed by atoms with E-state index in [0.29, 0.717) is 0 Å². The summed E-state index contributed by atoms with van der Waals surface area (Å²) >= 11 is 0. The molecular formula is C4H11O3PTm. The molecule has 1 N–H and O–H groups in total. The van der Waals surface area contributed by atoms with Crippen LogP contribution >= 0.6 is 7.60 Å². The molecule has 0 aliphatic rings. The maximum atomic E-state index is 10.4. The second-order valence-corrected chi connectivity index (χ2v) is 3.77. The molecule has 0 amide bonds. The molecule has 0 aliphatic heterocycles. The molecule has 5 heteroatoms. The Morgan fingerprint density at radius 3 is 1.89 bits per heavy atom. The van der Waals surface area contributed by atoms with Gasteiger partial charge in [-0.15, -0.1) is 0 Å². The van der Waals surface area contributed by atoms with Crippen LogP contribution < -0.4 is 0 Å². The summed E-state index contributed by atoms with van der Waals surface area (Å²) in [5, 5.41) is 0. The van der Waals surface area contributed by atoms with E-state index in [1.165, 1.54) is 6.66 Å². The van der Waals surface area contributed by atoms with Gasteiger partial charge in [0.1, 0.15) is 0 Å². The summed E-state index contributed by atoms with van der Waals surface area (Å²) in [5.74, 6) is 0. The average molecular weight is 307 g/mol. The van der Waals surface area contributed by atoms with Crippen LogP contribution in [0.15, 0.2) is 0 Å². The van der Waals surface area contributed by atoms with Crippen molar-refractivity contribution in [3.8, 4) is 0 Å².